The summed E-state index contributed by atoms with van der Waals surface area (Å²) in [6.07, 6.45) is -1.10. The summed E-state index contributed by atoms with van der Waals surface area (Å²) in [6.45, 7) is 11.9. The fourth-order valence-electron chi connectivity index (χ4n) is 6.00. The van der Waals surface area contributed by atoms with Crippen molar-refractivity contribution < 1.29 is 32.2 Å². The zero-order chi connectivity index (χ0) is 39.2. The molecule has 2 heterocycles. The van der Waals surface area contributed by atoms with E-state index in [4.69, 9.17) is 19.2 Å². The molecule has 0 atom stereocenters. The average Bonchev–Trinajstić information content (AvgIpc) is 3.11. The van der Waals surface area contributed by atoms with E-state index in [1.807, 2.05) is 49.4 Å². The van der Waals surface area contributed by atoms with Gasteiger partial charge < -0.3 is 19.1 Å². The monoisotopic (exact) mass is 739 g/mol. The normalized spacial score (nSPS) is 11.7. The molecular weight excluding hydrogens is 695 g/mol. The Labute approximate surface area is 313 Å². The standard InChI is InChI=1S/C42H44F3N5O4/c1-26(2)30-13-14-36(52-7)35(20-30)39-32(19-31-11-8-10-27(3)38(31)49-39)25-50(24-29-16-28(21-46)17-33(18-29)42(43,44)45)40-47-22-34(23-48-40)53-15-9-12-37(51)54-41(4,5)6/h8,10-11,13-14,16-20,22-23,26H,9,12,15,24-25H2,1-7H3. The third kappa shape index (κ3) is 10.0. The molecule has 5 rings (SSSR count). The summed E-state index contributed by atoms with van der Waals surface area (Å²) in [5.74, 6) is 1.08. The Morgan fingerprint density at radius 2 is 1.72 bits per heavy atom. The van der Waals surface area contributed by atoms with Crippen LogP contribution in [0.15, 0.2) is 73.1 Å². The molecule has 0 aliphatic rings. The molecule has 0 radical (unpaired) electrons. The third-order valence-corrected chi connectivity index (χ3v) is 8.57. The highest BCUT2D eigenvalue weighted by atomic mass is 19.4. The highest BCUT2D eigenvalue weighted by Crippen LogP contribution is 2.37. The van der Waals surface area contributed by atoms with Crippen molar-refractivity contribution in [2.75, 3.05) is 18.6 Å². The number of fused-ring (bicyclic) bond motifs is 1. The van der Waals surface area contributed by atoms with E-state index in [-0.39, 0.29) is 55.1 Å². The van der Waals surface area contributed by atoms with Gasteiger partial charge >= 0.3 is 12.1 Å². The Hall–Kier alpha value is -5.70. The van der Waals surface area contributed by atoms with Gasteiger partial charge in [0, 0.05) is 30.5 Å². The van der Waals surface area contributed by atoms with Crippen molar-refractivity contribution in [3.05, 3.63) is 106 Å². The smallest absolute Gasteiger partial charge is 0.416 e. The van der Waals surface area contributed by atoms with Crippen molar-refractivity contribution in [2.45, 2.75) is 85.2 Å². The molecule has 0 spiro atoms. The summed E-state index contributed by atoms with van der Waals surface area (Å²) in [4.78, 5) is 28.1. The Morgan fingerprint density at radius 1 is 0.981 bits per heavy atom. The topological polar surface area (TPSA) is 110 Å². The number of halogens is 3. The van der Waals surface area contributed by atoms with Crippen molar-refractivity contribution in [3.8, 4) is 28.8 Å². The number of hydrogen-bond donors (Lipinski definition) is 0. The van der Waals surface area contributed by atoms with Gasteiger partial charge in [-0.1, -0.05) is 38.1 Å². The summed E-state index contributed by atoms with van der Waals surface area (Å²) >= 11 is 0. The van der Waals surface area contributed by atoms with Crippen LogP contribution in [0.3, 0.4) is 0 Å². The maximum absolute atomic E-state index is 14.0. The van der Waals surface area contributed by atoms with Crippen molar-refractivity contribution in [2.24, 2.45) is 0 Å². The molecule has 0 saturated heterocycles. The van der Waals surface area contributed by atoms with E-state index in [0.29, 0.717) is 23.6 Å². The zero-order valence-electron chi connectivity index (χ0n) is 31.5. The summed E-state index contributed by atoms with van der Waals surface area (Å²) in [7, 11) is 1.60. The number of aryl methyl sites for hydroxylation is 1. The van der Waals surface area contributed by atoms with Gasteiger partial charge in [-0.25, -0.2) is 15.0 Å². The van der Waals surface area contributed by atoms with Crippen molar-refractivity contribution in [1.82, 2.24) is 15.0 Å². The highest BCUT2D eigenvalue weighted by molar-refractivity contribution is 5.87. The van der Waals surface area contributed by atoms with Crippen molar-refractivity contribution >= 4 is 22.8 Å². The fraction of sp³-hybridized carbons (Fsp3) is 0.357. The lowest BCUT2D eigenvalue weighted by Crippen LogP contribution is -2.25. The minimum atomic E-state index is -4.66. The van der Waals surface area contributed by atoms with Crippen LogP contribution in [-0.4, -0.2) is 40.2 Å². The summed E-state index contributed by atoms with van der Waals surface area (Å²) in [5.41, 5.74) is 3.67. The number of carbonyl (C=O) groups is 1. The summed E-state index contributed by atoms with van der Waals surface area (Å²) in [5, 5.41) is 10.5. The Kier molecular flexibility index (Phi) is 12.1. The van der Waals surface area contributed by atoms with Crippen LogP contribution in [0.5, 0.6) is 11.5 Å². The number of rotatable bonds is 13. The highest BCUT2D eigenvalue weighted by Gasteiger charge is 2.31. The van der Waals surface area contributed by atoms with Gasteiger partial charge in [0.25, 0.3) is 0 Å². The number of para-hydroxylation sites is 1. The molecule has 282 valence electrons. The van der Waals surface area contributed by atoms with Crippen LogP contribution in [0, 0.1) is 18.3 Å². The molecule has 0 fully saturated rings. The largest absolute Gasteiger partial charge is 0.496 e. The molecule has 0 bridgehead atoms. The molecule has 5 aromatic rings. The lowest BCUT2D eigenvalue weighted by molar-refractivity contribution is -0.155. The molecule has 0 aliphatic heterocycles. The van der Waals surface area contributed by atoms with Crippen molar-refractivity contribution in [1.29, 1.82) is 5.26 Å². The molecule has 9 nitrogen and oxygen atoms in total. The van der Waals surface area contributed by atoms with Crippen LogP contribution in [0.4, 0.5) is 19.1 Å². The number of pyridine rings is 1. The van der Waals surface area contributed by atoms with E-state index in [1.165, 1.54) is 18.5 Å². The first-order valence-electron chi connectivity index (χ1n) is 17.6. The van der Waals surface area contributed by atoms with Gasteiger partial charge in [0.15, 0.2) is 5.75 Å². The zero-order valence-corrected chi connectivity index (χ0v) is 31.5. The second-order valence-corrected chi connectivity index (χ2v) is 14.4. The van der Waals surface area contributed by atoms with Gasteiger partial charge in [-0.2, -0.15) is 18.4 Å². The first-order valence-corrected chi connectivity index (χ1v) is 17.6. The molecule has 0 saturated carbocycles. The van der Waals surface area contributed by atoms with E-state index < -0.39 is 17.3 Å². The van der Waals surface area contributed by atoms with Gasteiger partial charge in [-0.05, 0) is 98.7 Å². The summed E-state index contributed by atoms with van der Waals surface area (Å²) in [6, 6.07) is 19.1. The Bertz CT molecular complexity index is 2160. The van der Waals surface area contributed by atoms with E-state index in [2.05, 4.69) is 29.9 Å². The Balaban J connectivity index is 1.56. The quantitative estimate of drug-likeness (QED) is 0.0861. The lowest BCUT2D eigenvalue weighted by Gasteiger charge is -2.25. The van der Waals surface area contributed by atoms with E-state index >= 15 is 0 Å². The number of nitriles is 1. The molecule has 0 N–H and O–H groups in total. The number of hydrogen-bond acceptors (Lipinski definition) is 9. The molecule has 12 heteroatoms. The van der Waals surface area contributed by atoms with Crippen LogP contribution in [0.25, 0.3) is 22.2 Å². The minimum absolute atomic E-state index is 0.0663. The van der Waals surface area contributed by atoms with Crippen molar-refractivity contribution in [3.63, 3.8) is 0 Å². The van der Waals surface area contributed by atoms with Crippen LogP contribution in [-0.2, 0) is 28.8 Å². The molecule has 54 heavy (non-hydrogen) atoms. The van der Waals surface area contributed by atoms with Crippen LogP contribution < -0.4 is 14.4 Å². The number of methoxy groups -OCH3 is 1. The van der Waals surface area contributed by atoms with Gasteiger partial charge in [0.1, 0.15) is 11.4 Å². The Morgan fingerprint density at radius 3 is 2.37 bits per heavy atom. The van der Waals surface area contributed by atoms with E-state index in [0.717, 1.165) is 45.3 Å². The number of esters is 1. The number of carbonyl (C=O) groups excluding carboxylic acids is 1. The average molecular weight is 740 g/mol. The van der Waals surface area contributed by atoms with Crippen LogP contribution in [0.2, 0.25) is 0 Å². The second kappa shape index (κ2) is 16.5. The van der Waals surface area contributed by atoms with Gasteiger partial charge in [0.05, 0.1) is 54.5 Å². The van der Waals surface area contributed by atoms with Gasteiger partial charge in [0.2, 0.25) is 5.95 Å². The van der Waals surface area contributed by atoms with Gasteiger partial charge in [-0.3, -0.25) is 4.79 Å². The van der Waals surface area contributed by atoms with Gasteiger partial charge in [-0.15, -0.1) is 0 Å². The number of alkyl halides is 3. The van der Waals surface area contributed by atoms with E-state index in [9.17, 15) is 23.2 Å². The predicted molar refractivity (Wildman–Crippen MR) is 201 cm³/mol. The molecule has 0 aliphatic carbocycles. The van der Waals surface area contributed by atoms with Crippen LogP contribution in [0.1, 0.15) is 86.8 Å². The predicted octanol–water partition coefficient (Wildman–Crippen LogP) is 9.73. The number of ether oxygens (including phenoxy) is 3. The molecular formula is C42H44F3N5O4. The lowest BCUT2D eigenvalue weighted by atomic mass is 9.95. The molecule has 3 aromatic carbocycles. The van der Waals surface area contributed by atoms with Crippen LogP contribution >= 0.6 is 0 Å². The number of benzene rings is 3. The first-order chi connectivity index (χ1) is 25.5. The maximum Gasteiger partial charge on any atom is 0.416 e. The number of anilines is 1. The number of nitrogens with zero attached hydrogens (tertiary/aromatic N) is 5. The molecule has 2 aromatic heterocycles. The minimum Gasteiger partial charge on any atom is -0.496 e. The van der Waals surface area contributed by atoms with E-state index in [1.54, 1.807) is 32.8 Å². The third-order valence-electron chi connectivity index (χ3n) is 8.57. The summed E-state index contributed by atoms with van der Waals surface area (Å²) < 4.78 is 58.8. The fourth-order valence-corrected chi connectivity index (χ4v) is 6.00. The number of aromatic nitrogens is 3. The molecule has 0 unspecified atom stereocenters. The second-order valence-electron chi connectivity index (χ2n) is 14.4. The maximum atomic E-state index is 14.0. The first kappa shape index (κ1) is 39.5. The molecule has 0 amide bonds. The SMILES string of the molecule is COc1ccc(C(C)C)cc1-c1nc2c(C)cccc2cc1CN(Cc1cc(C#N)cc(C(F)(F)F)c1)c1ncc(OCCCC(=O)OC(C)(C)C)cn1.